The predicted molar refractivity (Wildman–Crippen MR) is 53.7 cm³/mol. The Hall–Kier alpha value is -0.900. The highest BCUT2D eigenvalue weighted by molar-refractivity contribution is 6.36. The van der Waals surface area contributed by atoms with Crippen LogP contribution in [0.3, 0.4) is 0 Å². The molecule has 2 N–H and O–H groups in total. The third kappa shape index (κ3) is 2.32. The second-order valence-corrected chi connectivity index (χ2v) is 3.66. The van der Waals surface area contributed by atoms with Crippen molar-refractivity contribution in [2.45, 2.75) is 38.6 Å². The van der Waals surface area contributed by atoms with Crippen LogP contribution in [0, 0.1) is 0 Å². The molecule has 1 rings (SSSR count). The molecule has 0 radical (unpaired) electrons. The summed E-state index contributed by atoms with van der Waals surface area (Å²) in [6.07, 6.45) is 3.30. The molecule has 80 valence electrons. The van der Waals surface area contributed by atoms with Crippen molar-refractivity contribution in [3.05, 3.63) is 0 Å². The number of rotatable bonds is 3. The molecular formula is C10H18N2O2. The maximum atomic E-state index is 11.6. The Morgan fingerprint density at radius 1 is 1.43 bits per heavy atom. The van der Waals surface area contributed by atoms with Crippen LogP contribution in [-0.2, 0) is 9.59 Å². The van der Waals surface area contributed by atoms with Gasteiger partial charge in [-0.3, -0.25) is 9.59 Å². The van der Waals surface area contributed by atoms with E-state index in [0.717, 1.165) is 19.3 Å². The maximum absolute atomic E-state index is 11.6. The zero-order valence-electron chi connectivity index (χ0n) is 8.66. The van der Waals surface area contributed by atoms with Gasteiger partial charge < -0.3 is 10.6 Å². The van der Waals surface area contributed by atoms with Crippen molar-refractivity contribution in [3.63, 3.8) is 0 Å². The summed E-state index contributed by atoms with van der Waals surface area (Å²) in [4.78, 5) is 24.5. The summed E-state index contributed by atoms with van der Waals surface area (Å²) < 4.78 is 0. The molecule has 0 spiro atoms. The molecule has 1 aliphatic rings. The summed E-state index contributed by atoms with van der Waals surface area (Å²) in [6.45, 7) is 2.86. The van der Waals surface area contributed by atoms with Gasteiger partial charge in [0.2, 0.25) is 5.78 Å². The Balaban J connectivity index is 2.63. The van der Waals surface area contributed by atoms with E-state index in [0.29, 0.717) is 13.1 Å². The Kier molecular flexibility index (Phi) is 4.07. The van der Waals surface area contributed by atoms with E-state index in [1.807, 2.05) is 0 Å². The van der Waals surface area contributed by atoms with Crippen molar-refractivity contribution >= 4 is 11.7 Å². The second kappa shape index (κ2) is 5.10. The standard InChI is InChI=1S/C10H18N2O2/c1-2-9(13)10(14)12-6-4-3-5-8(12)7-11/h8H,2-7,11H2,1H3. The van der Waals surface area contributed by atoms with Gasteiger partial charge in [-0.25, -0.2) is 0 Å². The lowest BCUT2D eigenvalue weighted by Crippen LogP contribution is -2.49. The Morgan fingerprint density at radius 2 is 2.14 bits per heavy atom. The number of carbonyl (C=O) groups is 2. The lowest BCUT2D eigenvalue weighted by atomic mass is 10.0. The highest BCUT2D eigenvalue weighted by atomic mass is 16.2. The van der Waals surface area contributed by atoms with Gasteiger partial charge in [-0.1, -0.05) is 6.92 Å². The Labute approximate surface area is 84.4 Å². The quantitative estimate of drug-likeness (QED) is 0.664. The summed E-state index contributed by atoms with van der Waals surface area (Å²) in [5, 5.41) is 0. The van der Waals surface area contributed by atoms with Gasteiger partial charge >= 0.3 is 0 Å². The number of likely N-dealkylation sites (tertiary alicyclic amines) is 1. The van der Waals surface area contributed by atoms with Gasteiger partial charge in [0.1, 0.15) is 0 Å². The largest absolute Gasteiger partial charge is 0.332 e. The van der Waals surface area contributed by atoms with E-state index in [9.17, 15) is 9.59 Å². The summed E-state index contributed by atoms with van der Waals surface area (Å²) >= 11 is 0. The van der Waals surface area contributed by atoms with Crippen LogP contribution in [0.1, 0.15) is 32.6 Å². The number of hydrogen-bond acceptors (Lipinski definition) is 3. The van der Waals surface area contributed by atoms with Crippen molar-refractivity contribution in [1.29, 1.82) is 0 Å². The van der Waals surface area contributed by atoms with Crippen LogP contribution in [0.5, 0.6) is 0 Å². The van der Waals surface area contributed by atoms with Gasteiger partial charge in [0.15, 0.2) is 0 Å². The molecule has 4 nitrogen and oxygen atoms in total. The van der Waals surface area contributed by atoms with E-state index in [-0.39, 0.29) is 24.2 Å². The normalized spacial score (nSPS) is 22.1. The molecule has 0 bridgehead atoms. The van der Waals surface area contributed by atoms with Crippen molar-refractivity contribution in [2.75, 3.05) is 13.1 Å². The lowest BCUT2D eigenvalue weighted by Gasteiger charge is -2.34. The van der Waals surface area contributed by atoms with E-state index in [4.69, 9.17) is 5.73 Å². The number of ketones is 1. The number of nitrogens with two attached hydrogens (primary N) is 1. The zero-order valence-corrected chi connectivity index (χ0v) is 8.66. The Bertz CT molecular complexity index is 228. The first kappa shape index (κ1) is 11.2. The van der Waals surface area contributed by atoms with Gasteiger partial charge in [0.25, 0.3) is 5.91 Å². The van der Waals surface area contributed by atoms with Crippen LogP contribution in [-0.4, -0.2) is 35.7 Å². The smallest absolute Gasteiger partial charge is 0.290 e. The number of carbonyl (C=O) groups excluding carboxylic acids is 2. The topological polar surface area (TPSA) is 63.4 Å². The molecular weight excluding hydrogens is 180 g/mol. The maximum Gasteiger partial charge on any atom is 0.290 e. The monoisotopic (exact) mass is 198 g/mol. The average Bonchev–Trinajstić information content (AvgIpc) is 2.26. The first-order valence-corrected chi connectivity index (χ1v) is 5.24. The fraction of sp³-hybridized carbons (Fsp3) is 0.800. The molecule has 0 aromatic rings. The lowest BCUT2D eigenvalue weighted by molar-refractivity contribution is -0.146. The number of nitrogens with zero attached hydrogens (tertiary/aromatic N) is 1. The first-order valence-electron chi connectivity index (χ1n) is 5.24. The fourth-order valence-electron chi connectivity index (χ4n) is 1.82. The molecule has 1 saturated heterocycles. The summed E-state index contributed by atoms with van der Waals surface area (Å²) in [5.41, 5.74) is 5.57. The van der Waals surface area contributed by atoms with Gasteiger partial charge in [-0.15, -0.1) is 0 Å². The molecule has 0 aromatic carbocycles. The highest BCUT2D eigenvalue weighted by Crippen LogP contribution is 2.16. The summed E-state index contributed by atoms with van der Waals surface area (Å²) in [6, 6.07) is 0.0757. The minimum atomic E-state index is -0.345. The van der Waals surface area contributed by atoms with E-state index in [2.05, 4.69) is 0 Å². The number of amides is 1. The van der Waals surface area contributed by atoms with Gasteiger partial charge in [0, 0.05) is 25.6 Å². The number of piperidine rings is 1. The van der Waals surface area contributed by atoms with Crippen LogP contribution < -0.4 is 5.73 Å². The van der Waals surface area contributed by atoms with Crippen molar-refractivity contribution in [2.24, 2.45) is 5.73 Å². The van der Waals surface area contributed by atoms with Crippen LogP contribution >= 0.6 is 0 Å². The summed E-state index contributed by atoms with van der Waals surface area (Å²) in [7, 11) is 0. The van der Waals surface area contributed by atoms with Gasteiger partial charge in [-0.2, -0.15) is 0 Å². The number of hydrogen-bond donors (Lipinski definition) is 1. The minimum Gasteiger partial charge on any atom is -0.332 e. The first-order chi connectivity index (χ1) is 6.70. The van der Waals surface area contributed by atoms with Crippen LogP contribution in [0.4, 0.5) is 0 Å². The average molecular weight is 198 g/mol. The molecule has 1 atom stereocenters. The predicted octanol–water partition coefficient (Wildman–Crippen LogP) is 0.305. The van der Waals surface area contributed by atoms with Crippen molar-refractivity contribution in [3.8, 4) is 0 Å². The van der Waals surface area contributed by atoms with Crippen molar-refractivity contribution < 1.29 is 9.59 Å². The molecule has 0 aliphatic carbocycles. The van der Waals surface area contributed by atoms with Crippen molar-refractivity contribution in [1.82, 2.24) is 4.90 Å². The van der Waals surface area contributed by atoms with E-state index in [1.165, 1.54) is 0 Å². The number of Topliss-reactive ketones (excluding diaryl/α,β-unsaturated/α-hetero) is 1. The molecule has 1 unspecified atom stereocenters. The van der Waals surface area contributed by atoms with E-state index in [1.54, 1.807) is 11.8 Å². The molecule has 1 fully saturated rings. The Morgan fingerprint density at radius 3 is 2.71 bits per heavy atom. The molecule has 0 aromatic heterocycles. The zero-order chi connectivity index (χ0) is 10.6. The third-order valence-corrected chi connectivity index (χ3v) is 2.72. The fourth-order valence-corrected chi connectivity index (χ4v) is 1.82. The molecule has 14 heavy (non-hydrogen) atoms. The third-order valence-electron chi connectivity index (χ3n) is 2.72. The second-order valence-electron chi connectivity index (χ2n) is 3.66. The SMILES string of the molecule is CCC(=O)C(=O)N1CCCCC1CN. The van der Waals surface area contributed by atoms with Crippen LogP contribution in [0.25, 0.3) is 0 Å². The van der Waals surface area contributed by atoms with Crippen LogP contribution in [0.15, 0.2) is 0 Å². The highest BCUT2D eigenvalue weighted by Gasteiger charge is 2.28. The molecule has 0 saturated carbocycles. The molecule has 1 amide bonds. The summed E-state index contributed by atoms with van der Waals surface area (Å²) in [5.74, 6) is -0.645. The molecule has 1 aliphatic heterocycles. The van der Waals surface area contributed by atoms with Gasteiger partial charge in [0.05, 0.1) is 0 Å². The molecule has 1 heterocycles. The van der Waals surface area contributed by atoms with E-state index < -0.39 is 0 Å². The van der Waals surface area contributed by atoms with E-state index >= 15 is 0 Å². The van der Waals surface area contributed by atoms with Crippen LogP contribution in [0.2, 0.25) is 0 Å². The van der Waals surface area contributed by atoms with Gasteiger partial charge in [-0.05, 0) is 19.3 Å². The minimum absolute atomic E-state index is 0.0757. The molecule has 4 heteroatoms.